The summed E-state index contributed by atoms with van der Waals surface area (Å²) in [7, 11) is 1.65. The largest absolute Gasteiger partial charge is 0.501 e. The molecule has 0 aliphatic heterocycles. The van der Waals surface area contributed by atoms with E-state index in [4.69, 9.17) is 4.74 Å². The second-order valence-corrected chi connectivity index (χ2v) is 4.01. The smallest absolute Gasteiger partial charge is 0.192 e. The molecular formula is C14H16O2. The first-order valence-corrected chi connectivity index (χ1v) is 5.68. The molecule has 1 aliphatic rings. The van der Waals surface area contributed by atoms with Crippen molar-refractivity contribution in [3.05, 3.63) is 47.2 Å². The Bertz CT molecular complexity index is 404. The van der Waals surface area contributed by atoms with Gasteiger partial charge in [-0.2, -0.15) is 0 Å². The van der Waals surface area contributed by atoms with Gasteiger partial charge in [-0.15, -0.1) is 0 Å². The Kier molecular flexibility index (Phi) is 3.40. The molecule has 16 heavy (non-hydrogen) atoms. The number of ether oxygens (including phenoxy) is 1. The normalized spacial score (nSPS) is 16.1. The highest BCUT2D eigenvalue weighted by Gasteiger charge is 2.20. The van der Waals surface area contributed by atoms with Crippen molar-refractivity contribution in [1.29, 1.82) is 0 Å². The number of methoxy groups -OCH3 is 1. The Morgan fingerprint density at radius 3 is 2.50 bits per heavy atom. The molecule has 2 heteroatoms. The Balaban J connectivity index is 2.30. The van der Waals surface area contributed by atoms with Crippen molar-refractivity contribution in [2.24, 2.45) is 0 Å². The molecule has 0 spiro atoms. The summed E-state index contributed by atoms with van der Waals surface area (Å²) in [6.45, 7) is 0. The first-order valence-electron chi connectivity index (χ1n) is 5.68. The second-order valence-electron chi connectivity index (χ2n) is 4.01. The summed E-state index contributed by atoms with van der Waals surface area (Å²) in [6.07, 6.45) is 3.94. The molecule has 0 N–H and O–H groups in total. The summed E-state index contributed by atoms with van der Waals surface area (Å²) in [6, 6.07) is 9.42. The van der Waals surface area contributed by atoms with Crippen molar-refractivity contribution in [3.8, 4) is 0 Å². The van der Waals surface area contributed by atoms with Gasteiger partial charge in [-0.1, -0.05) is 30.3 Å². The maximum absolute atomic E-state index is 12.2. The Morgan fingerprint density at radius 1 is 1.12 bits per heavy atom. The SMILES string of the molecule is COC1=C(C(=O)c2ccccc2)CCCC1. The molecule has 0 aromatic heterocycles. The summed E-state index contributed by atoms with van der Waals surface area (Å²) in [5, 5.41) is 0. The summed E-state index contributed by atoms with van der Waals surface area (Å²) in [5.41, 5.74) is 1.62. The topological polar surface area (TPSA) is 26.3 Å². The predicted molar refractivity (Wildman–Crippen MR) is 63.3 cm³/mol. The summed E-state index contributed by atoms with van der Waals surface area (Å²) >= 11 is 0. The summed E-state index contributed by atoms with van der Waals surface area (Å²) < 4.78 is 5.31. The molecule has 0 saturated carbocycles. The Morgan fingerprint density at radius 2 is 1.81 bits per heavy atom. The van der Waals surface area contributed by atoms with Crippen molar-refractivity contribution in [1.82, 2.24) is 0 Å². The molecule has 0 amide bonds. The minimum Gasteiger partial charge on any atom is -0.501 e. The standard InChI is InChI=1S/C14H16O2/c1-16-13-10-6-5-9-12(13)14(15)11-7-3-2-4-8-11/h2-4,7-8H,5-6,9-10H2,1H3. The molecule has 0 atom stereocenters. The first kappa shape index (κ1) is 10.9. The van der Waals surface area contributed by atoms with Crippen LogP contribution in [0.2, 0.25) is 0 Å². The number of carbonyl (C=O) groups excluding carboxylic acids is 1. The van der Waals surface area contributed by atoms with Crippen LogP contribution in [0.25, 0.3) is 0 Å². The number of ketones is 1. The lowest BCUT2D eigenvalue weighted by Gasteiger charge is -2.18. The highest BCUT2D eigenvalue weighted by atomic mass is 16.5. The van der Waals surface area contributed by atoms with Gasteiger partial charge in [-0.05, 0) is 19.3 Å². The Hall–Kier alpha value is -1.57. The molecule has 0 heterocycles. The van der Waals surface area contributed by atoms with Gasteiger partial charge < -0.3 is 4.74 Å². The van der Waals surface area contributed by atoms with Gasteiger partial charge in [0.05, 0.1) is 7.11 Å². The third-order valence-corrected chi connectivity index (χ3v) is 2.97. The first-order chi connectivity index (χ1) is 7.83. The number of hydrogen-bond donors (Lipinski definition) is 0. The molecule has 0 unspecified atom stereocenters. The van der Waals surface area contributed by atoms with Gasteiger partial charge in [-0.3, -0.25) is 4.79 Å². The fourth-order valence-electron chi connectivity index (χ4n) is 2.11. The number of allylic oxidation sites excluding steroid dienone is 2. The highest BCUT2D eigenvalue weighted by molar-refractivity contribution is 6.09. The van der Waals surface area contributed by atoms with Gasteiger partial charge in [0.15, 0.2) is 5.78 Å². The van der Waals surface area contributed by atoms with E-state index in [2.05, 4.69) is 0 Å². The van der Waals surface area contributed by atoms with Crippen LogP contribution in [0.3, 0.4) is 0 Å². The van der Waals surface area contributed by atoms with Gasteiger partial charge in [-0.25, -0.2) is 0 Å². The zero-order valence-corrected chi connectivity index (χ0v) is 9.53. The summed E-state index contributed by atoms with van der Waals surface area (Å²) in [4.78, 5) is 12.2. The highest BCUT2D eigenvalue weighted by Crippen LogP contribution is 2.27. The van der Waals surface area contributed by atoms with Crippen LogP contribution in [0.5, 0.6) is 0 Å². The van der Waals surface area contributed by atoms with Gasteiger partial charge in [0, 0.05) is 17.6 Å². The van der Waals surface area contributed by atoms with E-state index < -0.39 is 0 Å². The van der Waals surface area contributed by atoms with E-state index >= 15 is 0 Å². The van der Waals surface area contributed by atoms with Crippen LogP contribution >= 0.6 is 0 Å². The van der Waals surface area contributed by atoms with Crippen molar-refractivity contribution >= 4 is 5.78 Å². The fraction of sp³-hybridized carbons (Fsp3) is 0.357. The van der Waals surface area contributed by atoms with E-state index in [-0.39, 0.29) is 5.78 Å². The number of benzene rings is 1. The number of carbonyl (C=O) groups is 1. The van der Waals surface area contributed by atoms with Crippen LogP contribution in [0, 0.1) is 0 Å². The molecule has 0 bridgehead atoms. The summed E-state index contributed by atoms with van der Waals surface area (Å²) in [5.74, 6) is 0.997. The molecule has 0 fully saturated rings. The third-order valence-electron chi connectivity index (χ3n) is 2.97. The average molecular weight is 216 g/mol. The molecule has 2 nitrogen and oxygen atoms in total. The van der Waals surface area contributed by atoms with Crippen LogP contribution in [-0.4, -0.2) is 12.9 Å². The van der Waals surface area contributed by atoms with Crippen molar-refractivity contribution in [2.75, 3.05) is 7.11 Å². The van der Waals surface area contributed by atoms with E-state index in [1.165, 1.54) is 0 Å². The van der Waals surface area contributed by atoms with E-state index in [9.17, 15) is 4.79 Å². The monoisotopic (exact) mass is 216 g/mol. The van der Waals surface area contributed by atoms with Crippen LogP contribution in [-0.2, 0) is 4.74 Å². The minimum absolute atomic E-state index is 0.122. The van der Waals surface area contributed by atoms with Gasteiger partial charge in [0.2, 0.25) is 0 Å². The van der Waals surface area contributed by atoms with Crippen LogP contribution in [0.4, 0.5) is 0 Å². The number of rotatable bonds is 3. The molecule has 1 aromatic rings. The molecule has 84 valence electrons. The van der Waals surface area contributed by atoms with Crippen molar-refractivity contribution in [3.63, 3.8) is 0 Å². The molecule has 1 aromatic carbocycles. The van der Waals surface area contributed by atoms with Gasteiger partial charge >= 0.3 is 0 Å². The van der Waals surface area contributed by atoms with Gasteiger partial charge in [0.1, 0.15) is 5.76 Å². The zero-order valence-electron chi connectivity index (χ0n) is 9.53. The maximum Gasteiger partial charge on any atom is 0.192 e. The van der Waals surface area contributed by atoms with Gasteiger partial charge in [0.25, 0.3) is 0 Å². The van der Waals surface area contributed by atoms with Crippen molar-refractivity contribution in [2.45, 2.75) is 25.7 Å². The molecule has 2 rings (SSSR count). The minimum atomic E-state index is 0.122. The van der Waals surface area contributed by atoms with E-state index in [1.54, 1.807) is 7.11 Å². The fourth-order valence-corrected chi connectivity index (χ4v) is 2.11. The predicted octanol–water partition coefficient (Wildman–Crippen LogP) is 3.34. The molecular weight excluding hydrogens is 200 g/mol. The molecule has 0 saturated heterocycles. The van der Waals surface area contributed by atoms with Crippen LogP contribution < -0.4 is 0 Å². The van der Waals surface area contributed by atoms with Crippen LogP contribution in [0.15, 0.2) is 41.7 Å². The van der Waals surface area contributed by atoms with E-state index in [0.29, 0.717) is 0 Å². The quantitative estimate of drug-likeness (QED) is 0.724. The second kappa shape index (κ2) is 4.97. The number of hydrogen-bond acceptors (Lipinski definition) is 2. The maximum atomic E-state index is 12.2. The number of Topliss-reactive ketones (excluding diaryl/α,β-unsaturated/α-hetero) is 1. The van der Waals surface area contributed by atoms with Crippen LogP contribution in [0.1, 0.15) is 36.0 Å². The third kappa shape index (κ3) is 2.16. The molecule has 1 aliphatic carbocycles. The lowest BCUT2D eigenvalue weighted by atomic mass is 9.91. The van der Waals surface area contributed by atoms with E-state index in [0.717, 1.165) is 42.6 Å². The lowest BCUT2D eigenvalue weighted by Crippen LogP contribution is -2.11. The van der Waals surface area contributed by atoms with E-state index in [1.807, 2.05) is 30.3 Å². The van der Waals surface area contributed by atoms with Crippen molar-refractivity contribution < 1.29 is 9.53 Å². The Labute approximate surface area is 95.9 Å². The molecule has 0 radical (unpaired) electrons. The lowest BCUT2D eigenvalue weighted by molar-refractivity contribution is 0.101. The zero-order chi connectivity index (χ0) is 11.4. The average Bonchev–Trinajstić information content (AvgIpc) is 2.39.